The Kier molecular flexibility index (Phi) is 6.35. The van der Waals surface area contributed by atoms with Crippen LogP contribution in [0.5, 0.6) is 0 Å². The first-order chi connectivity index (χ1) is 16.9. The van der Waals surface area contributed by atoms with Crippen LogP contribution in [0, 0.1) is 17.5 Å². The number of hydrogen-bond donors (Lipinski definition) is 1. The summed E-state index contributed by atoms with van der Waals surface area (Å²) in [6, 6.07) is 9.00. The van der Waals surface area contributed by atoms with Crippen molar-refractivity contribution in [3.8, 4) is 11.5 Å². The second kappa shape index (κ2) is 9.59. The van der Waals surface area contributed by atoms with E-state index in [1.54, 1.807) is 12.1 Å². The minimum Gasteiger partial charge on any atom is -0.420 e. The highest BCUT2D eigenvalue weighted by molar-refractivity contribution is 5.52. The summed E-state index contributed by atoms with van der Waals surface area (Å²) in [5.41, 5.74) is -1.02. The average molecular weight is 484 g/mol. The van der Waals surface area contributed by atoms with E-state index in [1.807, 2.05) is 4.90 Å². The van der Waals surface area contributed by atoms with Crippen molar-refractivity contribution in [3.63, 3.8) is 0 Å². The van der Waals surface area contributed by atoms with E-state index in [0.717, 1.165) is 12.1 Å². The summed E-state index contributed by atoms with van der Waals surface area (Å²) in [7, 11) is 0. The highest BCUT2D eigenvalue weighted by Gasteiger charge is 2.37. The lowest BCUT2D eigenvalue weighted by atomic mass is 9.90. The van der Waals surface area contributed by atoms with E-state index in [1.165, 1.54) is 35.5 Å². The Labute approximate surface area is 199 Å². The summed E-state index contributed by atoms with van der Waals surface area (Å²) in [6.07, 6.45) is 4.15. The Morgan fingerprint density at radius 3 is 2.40 bits per heavy atom. The second-order valence-corrected chi connectivity index (χ2v) is 8.75. The van der Waals surface area contributed by atoms with Crippen molar-refractivity contribution in [1.82, 2.24) is 29.9 Å². The molecule has 1 fully saturated rings. The van der Waals surface area contributed by atoms with Crippen molar-refractivity contribution in [1.29, 1.82) is 0 Å². The predicted octanol–water partition coefficient (Wildman–Crippen LogP) is 3.51. The summed E-state index contributed by atoms with van der Waals surface area (Å²) in [6.45, 7) is 1.27. The SMILES string of the molecule is OC(CN1CCC(c2nnc(-c3ccc(F)cc3)o2)CC1)(Cn1cncn1)c1ccc(F)cc1F. The molecule has 1 atom stereocenters. The van der Waals surface area contributed by atoms with Gasteiger partial charge in [-0.15, -0.1) is 10.2 Å². The van der Waals surface area contributed by atoms with Gasteiger partial charge in [0.15, 0.2) is 0 Å². The van der Waals surface area contributed by atoms with Crippen LogP contribution in [-0.4, -0.2) is 54.6 Å². The molecule has 0 radical (unpaired) electrons. The second-order valence-electron chi connectivity index (χ2n) is 8.75. The number of aliphatic hydroxyl groups is 1. The van der Waals surface area contributed by atoms with Gasteiger partial charge < -0.3 is 14.4 Å². The molecule has 2 aromatic carbocycles. The number of hydrogen-bond acceptors (Lipinski definition) is 7. The van der Waals surface area contributed by atoms with Gasteiger partial charge in [0.1, 0.15) is 35.7 Å². The minimum atomic E-state index is -1.65. The van der Waals surface area contributed by atoms with Gasteiger partial charge in [0.25, 0.3) is 0 Å². The summed E-state index contributed by atoms with van der Waals surface area (Å²) in [4.78, 5) is 5.91. The zero-order chi connectivity index (χ0) is 24.4. The smallest absolute Gasteiger partial charge is 0.247 e. The first kappa shape index (κ1) is 23.2. The van der Waals surface area contributed by atoms with Gasteiger partial charge in [-0.25, -0.2) is 22.8 Å². The molecule has 3 heterocycles. The number of piperidine rings is 1. The average Bonchev–Trinajstić information content (AvgIpc) is 3.52. The van der Waals surface area contributed by atoms with Gasteiger partial charge in [0, 0.05) is 29.7 Å². The lowest BCUT2D eigenvalue weighted by Gasteiger charge is -2.37. The van der Waals surface area contributed by atoms with Crippen molar-refractivity contribution >= 4 is 0 Å². The van der Waals surface area contributed by atoms with Crippen LogP contribution in [0.2, 0.25) is 0 Å². The van der Waals surface area contributed by atoms with Gasteiger partial charge in [0.2, 0.25) is 11.8 Å². The van der Waals surface area contributed by atoms with Crippen molar-refractivity contribution in [2.24, 2.45) is 0 Å². The molecule has 35 heavy (non-hydrogen) atoms. The molecule has 0 saturated carbocycles. The third-order valence-electron chi connectivity index (χ3n) is 6.28. The number of halogens is 3. The Morgan fingerprint density at radius 2 is 1.71 bits per heavy atom. The maximum atomic E-state index is 14.7. The molecule has 1 aliphatic heterocycles. The Bertz CT molecular complexity index is 1270. The van der Waals surface area contributed by atoms with Crippen LogP contribution >= 0.6 is 0 Å². The van der Waals surface area contributed by atoms with Crippen molar-refractivity contribution in [2.75, 3.05) is 19.6 Å². The summed E-state index contributed by atoms with van der Waals surface area (Å²) >= 11 is 0. The maximum absolute atomic E-state index is 14.7. The van der Waals surface area contributed by atoms with E-state index in [-0.39, 0.29) is 30.4 Å². The monoisotopic (exact) mass is 484 g/mol. The Balaban J connectivity index is 1.28. The lowest BCUT2D eigenvalue weighted by molar-refractivity contribution is -0.0270. The zero-order valence-electron chi connectivity index (χ0n) is 18.7. The van der Waals surface area contributed by atoms with E-state index in [4.69, 9.17) is 4.42 Å². The van der Waals surface area contributed by atoms with Gasteiger partial charge in [-0.3, -0.25) is 0 Å². The topological polar surface area (TPSA) is 93.1 Å². The van der Waals surface area contributed by atoms with E-state index in [2.05, 4.69) is 20.3 Å². The normalized spacial score (nSPS) is 16.9. The number of benzene rings is 2. The summed E-state index contributed by atoms with van der Waals surface area (Å²) in [5.74, 6) is -1.01. The lowest BCUT2D eigenvalue weighted by Crippen LogP contribution is -2.47. The van der Waals surface area contributed by atoms with Crippen LogP contribution in [0.1, 0.15) is 30.2 Å². The van der Waals surface area contributed by atoms with Gasteiger partial charge in [-0.1, -0.05) is 6.07 Å². The predicted molar refractivity (Wildman–Crippen MR) is 118 cm³/mol. The number of rotatable bonds is 7. The zero-order valence-corrected chi connectivity index (χ0v) is 18.7. The molecule has 182 valence electrons. The van der Waals surface area contributed by atoms with E-state index in [9.17, 15) is 18.3 Å². The van der Waals surface area contributed by atoms with E-state index >= 15 is 0 Å². The van der Waals surface area contributed by atoms with Crippen LogP contribution in [-0.2, 0) is 12.1 Å². The molecular formula is C24H23F3N6O2. The van der Waals surface area contributed by atoms with Crippen molar-refractivity contribution < 1.29 is 22.7 Å². The van der Waals surface area contributed by atoms with Crippen LogP contribution < -0.4 is 0 Å². The quantitative estimate of drug-likeness (QED) is 0.429. The standard InChI is InChI=1S/C24H23F3N6O2/c25-18-3-1-16(2-4-18)22-30-31-23(35-22)17-7-9-32(10-8-17)12-24(34,13-33-15-28-14-29-33)20-6-5-19(26)11-21(20)27/h1-6,11,14-15,17,34H,7-10,12-13H2. The fourth-order valence-corrected chi connectivity index (χ4v) is 4.49. The van der Waals surface area contributed by atoms with E-state index in [0.29, 0.717) is 43.3 Å². The Hall–Kier alpha value is -3.57. The molecule has 1 aliphatic rings. The van der Waals surface area contributed by atoms with Crippen molar-refractivity contribution in [3.05, 3.63) is 84.0 Å². The first-order valence-corrected chi connectivity index (χ1v) is 11.2. The van der Waals surface area contributed by atoms with Gasteiger partial charge in [-0.2, -0.15) is 5.10 Å². The third kappa shape index (κ3) is 5.10. The third-order valence-corrected chi connectivity index (χ3v) is 6.28. The molecule has 0 spiro atoms. The van der Waals surface area contributed by atoms with Crippen LogP contribution in [0.4, 0.5) is 13.2 Å². The van der Waals surface area contributed by atoms with E-state index < -0.39 is 17.2 Å². The summed E-state index contributed by atoms with van der Waals surface area (Å²) in [5, 5.41) is 23.8. The molecule has 11 heteroatoms. The maximum Gasteiger partial charge on any atom is 0.247 e. The largest absolute Gasteiger partial charge is 0.420 e. The molecule has 1 saturated heterocycles. The first-order valence-electron chi connectivity index (χ1n) is 11.2. The molecule has 1 N–H and O–H groups in total. The summed E-state index contributed by atoms with van der Waals surface area (Å²) < 4.78 is 48.6. The van der Waals surface area contributed by atoms with Gasteiger partial charge in [0.05, 0.1) is 6.54 Å². The molecule has 1 unspecified atom stereocenters. The molecule has 4 aromatic rings. The number of nitrogens with zero attached hydrogens (tertiary/aromatic N) is 6. The van der Waals surface area contributed by atoms with Crippen LogP contribution in [0.15, 0.2) is 59.5 Å². The minimum absolute atomic E-state index is 0.00244. The highest BCUT2D eigenvalue weighted by atomic mass is 19.1. The van der Waals surface area contributed by atoms with Crippen molar-refractivity contribution in [2.45, 2.75) is 30.9 Å². The van der Waals surface area contributed by atoms with Gasteiger partial charge >= 0.3 is 0 Å². The van der Waals surface area contributed by atoms with Crippen LogP contribution in [0.3, 0.4) is 0 Å². The van der Waals surface area contributed by atoms with Gasteiger partial charge in [-0.05, 0) is 56.3 Å². The fourth-order valence-electron chi connectivity index (χ4n) is 4.49. The molecule has 2 aromatic heterocycles. The van der Waals surface area contributed by atoms with Crippen LogP contribution in [0.25, 0.3) is 11.5 Å². The molecule has 0 amide bonds. The Morgan fingerprint density at radius 1 is 0.971 bits per heavy atom. The number of aromatic nitrogens is 5. The molecule has 0 bridgehead atoms. The highest BCUT2D eigenvalue weighted by Crippen LogP contribution is 2.33. The molecule has 8 nitrogen and oxygen atoms in total. The molecule has 5 rings (SSSR count). The number of likely N-dealkylation sites (tertiary alicyclic amines) is 1. The molecule has 0 aliphatic carbocycles. The number of β-amino-alcohol motifs (C(OH)–C–C–N with tert-alkyl or cyclic N) is 1. The molecular weight excluding hydrogens is 461 g/mol. The fraction of sp³-hybridized carbons (Fsp3) is 0.333.